The van der Waals surface area contributed by atoms with Crippen molar-refractivity contribution in [1.82, 2.24) is 20.2 Å². The van der Waals surface area contributed by atoms with E-state index in [2.05, 4.69) is 36.0 Å². The Labute approximate surface area is 155 Å². The van der Waals surface area contributed by atoms with Gasteiger partial charge in [0.25, 0.3) is 0 Å². The molecule has 2 heterocycles. The largest absolute Gasteiger partial charge is 0.453 e. The van der Waals surface area contributed by atoms with Gasteiger partial charge < -0.3 is 24.7 Å². The smallest absolute Gasteiger partial charge is 0.407 e. The summed E-state index contributed by atoms with van der Waals surface area (Å²) in [6.45, 7) is 4.90. The van der Waals surface area contributed by atoms with Crippen LogP contribution < -0.4 is 5.32 Å². The molecule has 1 aliphatic rings. The van der Waals surface area contributed by atoms with Gasteiger partial charge in [-0.1, -0.05) is 13.8 Å². The van der Waals surface area contributed by atoms with Gasteiger partial charge in [0.1, 0.15) is 16.5 Å². The molecule has 2 amide bonds. The van der Waals surface area contributed by atoms with Crippen LogP contribution in [0.2, 0.25) is 0 Å². The van der Waals surface area contributed by atoms with Crippen LogP contribution in [-0.4, -0.2) is 60.3 Å². The van der Waals surface area contributed by atoms with Gasteiger partial charge in [0.2, 0.25) is 5.91 Å². The van der Waals surface area contributed by atoms with Crippen molar-refractivity contribution in [2.75, 3.05) is 27.4 Å². The molecule has 1 saturated heterocycles. The molecule has 0 radical (unpaired) electrons. The molecule has 2 N–H and O–H groups in total. The zero-order valence-corrected chi connectivity index (χ0v) is 16.5. The third-order valence-electron chi connectivity index (χ3n) is 4.34. The fraction of sp³-hybridized carbons (Fsp3) is 0.688. The van der Waals surface area contributed by atoms with Gasteiger partial charge in [-0.25, -0.2) is 9.78 Å². The molecular formula is C16H25BrN4O4. The van der Waals surface area contributed by atoms with Gasteiger partial charge in [0, 0.05) is 19.6 Å². The third-order valence-corrected chi connectivity index (χ3v) is 4.75. The molecule has 8 nitrogen and oxygen atoms in total. The van der Waals surface area contributed by atoms with E-state index < -0.39 is 12.1 Å². The van der Waals surface area contributed by atoms with E-state index in [1.165, 1.54) is 7.11 Å². The molecular weight excluding hydrogens is 392 g/mol. The maximum absolute atomic E-state index is 13.1. The molecule has 9 heteroatoms. The number of H-pyrrole nitrogens is 1. The molecule has 1 aromatic heterocycles. The second-order valence-corrected chi connectivity index (χ2v) is 7.39. The number of aromatic nitrogens is 2. The van der Waals surface area contributed by atoms with Crippen LogP contribution in [0.3, 0.4) is 0 Å². The molecule has 0 aromatic carbocycles. The number of methoxy groups -OCH3 is 2. The highest BCUT2D eigenvalue weighted by atomic mass is 79.9. The molecule has 1 fully saturated rings. The lowest BCUT2D eigenvalue weighted by molar-refractivity contribution is -0.135. The van der Waals surface area contributed by atoms with E-state index >= 15 is 0 Å². The van der Waals surface area contributed by atoms with Gasteiger partial charge >= 0.3 is 6.09 Å². The Morgan fingerprint density at radius 1 is 1.48 bits per heavy atom. The van der Waals surface area contributed by atoms with Crippen LogP contribution in [0.15, 0.2) is 10.8 Å². The number of ether oxygens (including phenoxy) is 2. The van der Waals surface area contributed by atoms with E-state index in [-0.39, 0.29) is 23.8 Å². The molecule has 2 rings (SSSR count). The quantitative estimate of drug-likeness (QED) is 0.739. The first-order valence-corrected chi connectivity index (χ1v) is 9.01. The van der Waals surface area contributed by atoms with Crippen molar-refractivity contribution in [1.29, 1.82) is 0 Å². The second-order valence-electron chi connectivity index (χ2n) is 6.54. The average molecular weight is 417 g/mol. The minimum atomic E-state index is -0.658. The second kappa shape index (κ2) is 8.66. The first-order chi connectivity index (χ1) is 11.9. The Morgan fingerprint density at radius 3 is 2.72 bits per heavy atom. The summed E-state index contributed by atoms with van der Waals surface area (Å²) < 4.78 is 10.7. The maximum atomic E-state index is 13.1. The Bertz CT molecular complexity index is 607. The number of aromatic amines is 1. The number of nitrogens with zero attached hydrogens (tertiary/aromatic N) is 2. The van der Waals surface area contributed by atoms with E-state index in [1.54, 1.807) is 18.2 Å². The summed E-state index contributed by atoms with van der Waals surface area (Å²) in [7, 11) is 2.93. The number of carbonyl (C=O) groups excluding carboxylic acids is 2. The number of halogens is 1. The number of hydrogen-bond acceptors (Lipinski definition) is 5. The zero-order valence-electron chi connectivity index (χ0n) is 14.9. The Morgan fingerprint density at radius 2 is 2.20 bits per heavy atom. The summed E-state index contributed by atoms with van der Waals surface area (Å²) in [4.78, 5) is 34.0. The van der Waals surface area contributed by atoms with Crippen LogP contribution in [0.1, 0.15) is 32.1 Å². The van der Waals surface area contributed by atoms with Crippen LogP contribution in [0, 0.1) is 11.8 Å². The zero-order chi connectivity index (χ0) is 18.6. The summed E-state index contributed by atoms with van der Waals surface area (Å²) in [6, 6.07) is -0.839. The van der Waals surface area contributed by atoms with Crippen molar-refractivity contribution < 1.29 is 19.1 Å². The first kappa shape index (κ1) is 19.7. The Balaban J connectivity index is 2.24. The van der Waals surface area contributed by atoms with Crippen LogP contribution in [-0.2, 0) is 14.3 Å². The summed E-state index contributed by atoms with van der Waals surface area (Å²) in [6.07, 6.45) is 1.81. The molecule has 25 heavy (non-hydrogen) atoms. The number of rotatable bonds is 6. The van der Waals surface area contributed by atoms with Crippen molar-refractivity contribution in [3.63, 3.8) is 0 Å². The summed E-state index contributed by atoms with van der Waals surface area (Å²) >= 11 is 3.36. The van der Waals surface area contributed by atoms with E-state index in [0.717, 1.165) is 16.8 Å². The summed E-state index contributed by atoms with van der Waals surface area (Å²) in [5.74, 6) is 0.724. The number of alkyl carbamates (subject to hydrolysis) is 1. The first-order valence-electron chi connectivity index (χ1n) is 8.21. The van der Waals surface area contributed by atoms with E-state index in [9.17, 15) is 9.59 Å². The average Bonchev–Trinajstić information content (AvgIpc) is 3.18. The third kappa shape index (κ3) is 4.72. The molecule has 0 bridgehead atoms. The highest BCUT2D eigenvalue weighted by Gasteiger charge is 2.41. The number of likely N-dealkylation sites (tertiary alicyclic amines) is 1. The van der Waals surface area contributed by atoms with Gasteiger partial charge in [-0.3, -0.25) is 4.79 Å². The van der Waals surface area contributed by atoms with Crippen LogP contribution in [0.5, 0.6) is 0 Å². The van der Waals surface area contributed by atoms with Crippen molar-refractivity contribution in [2.45, 2.75) is 32.4 Å². The van der Waals surface area contributed by atoms with Crippen molar-refractivity contribution in [3.05, 3.63) is 16.6 Å². The Hall–Kier alpha value is -1.61. The fourth-order valence-corrected chi connectivity index (χ4v) is 3.45. The molecule has 3 atom stereocenters. The van der Waals surface area contributed by atoms with Crippen LogP contribution >= 0.6 is 15.9 Å². The number of nitrogens with one attached hydrogen (secondary N) is 2. The van der Waals surface area contributed by atoms with Gasteiger partial charge in [0.05, 0.1) is 26.0 Å². The Kier molecular flexibility index (Phi) is 6.83. The number of hydrogen-bond donors (Lipinski definition) is 2. The number of carbonyl (C=O) groups is 2. The molecule has 1 unspecified atom stereocenters. The standard InChI is InChI=1S/C16H25BrN4O4/c1-9(2)13(20-16(23)25-4)15(22)21-7-10(8-24-3)5-11(21)14-18-6-12(17)19-14/h6,9-11,13H,5,7-8H2,1-4H3,(H,18,19)(H,20,23)/t10-,11-,13?/m0/s1. The van der Waals surface area contributed by atoms with Gasteiger partial charge in [-0.2, -0.15) is 0 Å². The highest BCUT2D eigenvalue weighted by molar-refractivity contribution is 9.10. The number of imidazole rings is 1. The monoisotopic (exact) mass is 416 g/mol. The maximum Gasteiger partial charge on any atom is 0.407 e. The van der Waals surface area contributed by atoms with E-state index in [0.29, 0.717) is 13.2 Å². The molecule has 140 valence electrons. The minimum Gasteiger partial charge on any atom is -0.453 e. The van der Waals surface area contributed by atoms with Gasteiger partial charge in [-0.05, 0) is 28.3 Å². The van der Waals surface area contributed by atoms with E-state index in [4.69, 9.17) is 4.74 Å². The van der Waals surface area contributed by atoms with E-state index in [1.807, 2.05) is 13.8 Å². The molecule has 0 spiro atoms. The SMILES string of the molecule is COC[C@H]1C[C@@H](c2ncc(Br)[nH]2)N(C(=O)C(NC(=O)OC)C(C)C)C1. The molecule has 1 aromatic rings. The van der Waals surface area contributed by atoms with Gasteiger partial charge in [0.15, 0.2) is 0 Å². The fourth-order valence-electron chi connectivity index (χ4n) is 3.14. The van der Waals surface area contributed by atoms with Gasteiger partial charge in [-0.15, -0.1) is 0 Å². The predicted octanol–water partition coefficient (Wildman–Crippen LogP) is 2.09. The lowest BCUT2D eigenvalue weighted by atomic mass is 10.0. The lowest BCUT2D eigenvalue weighted by Crippen LogP contribution is -2.51. The topological polar surface area (TPSA) is 96.5 Å². The molecule has 0 saturated carbocycles. The molecule has 0 aliphatic carbocycles. The summed E-state index contributed by atoms with van der Waals surface area (Å²) in [5, 5.41) is 2.64. The lowest BCUT2D eigenvalue weighted by Gasteiger charge is -2.30. The van der Waals surface area contributed by atoms with Crippen molar-refractivity contribution in [2.24, 2.45) is 11.8 Å². The molecule has 1 aliphatic heterocycles. The van der Waals surface area contributed by atoms with Crippen molar-refractivity contribution >= 4 is 27.9 Å². The number of amides is 2. The van der Waals surface area contributed by atoms with Crippen molar-refractivity contribution in [3.8, 4) is 0 Å². The van der Waals surface area contributed by atoms with Crippen LogP contribution in [0.25, 0.3) is 0 Å². The predicted molar refractivity (Wildman–Crippen MR) is 94.9 cm³/mol. The van der Waals surface area contributed by atoms with Crippen LogP contribution in [0.4, 0.5) is 4.79 Å². The highest BCUT2D eigenvalue weighted by Crippen LogP contribution is 2.35. The summed E-state index contributed by atoms with van der Waals surface area (Å²) in [5.41, 5.74) is 0. The minimum absolute atomic E-state index is 0.0722. The normalized spacial score (nSPS) is 21.4.